The lowest BCUT2D eigenvalue weighted by Crippen LogP contribution is -2.18. The Balaban J connectivity index is 1.99. The molecule has 2 aromatic rings. The van der Waals surface area contributed by atoms with Crippen LogP contribution in [0.3, 0.4) is 0 Å². The Morgan fingerprint density at radius 3 is 2.74 bits per heavy atom. The number of hydrogen-bond donors (Lipinski definition) is 3. The maximum atomic E-state index is 11.1. The van der Waals surface area contributed by atoms with E-state index in [9.17, 15) is 9.90 Å². The number of imidazole rings is 1. The minimum atomic E-state index is -0.601. The molecule has 8 heteroatoms. The lowest BCUT2D eigenvalue weighted by Gasteiger charge is -2.17. The zero-order valence-corrected chi connectivity index (χ0v) is 14.8. The number of aromatic nitrogens is 2. The molecule has 5 nitrogen and oxygen atoms in total. The van der Waals surface area contributed by atoms with Crippen molar-refractivity contribution in [1.29, 1.82) is 0 Å². The summed E-state index contributed by atoms with van der Waals surface area (Å²) in [7, 11) is 0. The predicted molar refractivity (Wildman–Crippen MR) is 93.3 cm³/mol. The van der Waals surface area contributed by atoms with Gasteiger partial charge in [0.05, 0.1) is 16.1 Å². The van der Waals surface area contributed by atoms with Gasteiger partial charge in [0.15, 0.2) is 0 Å². The second-order valence-electron chi connectivity index (χ2n) is 5.10. The molecule has 4 N–H and O–H groups in total. The van der Waals surface area contributed by atoms with Crippen molar-refractivity contribution in [2.75, 3.05) is 5.75 Å². The normalized spacial score (nSPS) is 13.7. The summed E-state index contributed by atoms with van der Waals surface area (Å²) in [4.78, 5) is 19.2. The van der Waals surface area contributed by atoms with E-state index in [1.54, 1.807) is 24.8 Å². The third kappa shape index (κ3) is 4.88. The van der Waals surface area contributed by atoms with E-state index in [0.717, 1.165) is 10.6 Å². The number of H-pyrrole nitrogens is 1. The minimum Gasteiger partial charge on any atom is -0.393 e. The molecule has 1 amide bonds. The third-order valence-electron chi connectivity index (χ3n) is 3.37. The van der Waals surface area contributed by atoms with Crippen molar-refractivity contribution >= 4 is 40.9 Å². The van der Waals surface area contributed by atoms with Crippen molar-refractivity contribution in [2.24, 2.45) is 5.73 Å². The molecule has 0 saturated heterocycles. The van der Waals surface area contributed by atoms with E-state index < -0.39 is 12.0 Å². The molecular formula is C15H17Cl2N3O2S. The van der Waals surface area contributed by atoms with Gasteiger partial charge in [0.2, 0.25) is 0 Å². The van der Waals surface area contributed by atoms with Gasteiger partial charge in [-0.1, -0.05) is 23.2 Å². The number of rotatable bonds is 7. The summed E-state index contributed by atoms with van der Waals surface area (Å²) in [5.41, 5.74) is 5.36. The van der Waals surface area contributed by atoms with E-state index in [0.29, 0.717) is 22.3 Å². The zero-order chi connectivity index (χ0) is 17.0. The van der Waals surface area contributed by atoms with Crippen LogP contribution in [0.1, 0.15) is 35.6 Å². The fourth-order valence-corrected chi connectivity index (χ4v) is 3.47. The van der Waals surface area contributed by atoms with Crippen LogP contribution in [0.5, 0.6) is 0 Å². The molecule has 1 heterocycles. The molecule has 0 fully saturated rings. The standard InChI is InChI=1S/C15H17Cl2N3O2S/c1-8(21)10(15-19-7-13(20-15)14(18)22)4-5-23-9-2-3-11(16)12(17)6-9/h2-3,6-8,10,21H,4-5H2,1H3,(H2,18,22)(H,19,20)/t8-,10-/m0/s1. The van der Waals surface area contributed by atoms with Crippen LogP contribution < -0.4 is 5.73 Å². The second kappa shape index (κ2) is 8.06. The van der Waals surface area contributed by atoms with Crippen LogP contribution in [0, 0.1) is 0 Å². The molecule has 124 valence electrons. The van der Waals surface area contributed by atoms with Crippen molar-refractivity contribution in [3.63, 3.8) is 0 Å². The molecule has 0 saturated carbocycles. The third-order valence-corrected chi connectivity index (χ3v) is 5.14. The number of primary amides is 1. The van der Waals surface area contributed by atoms with Crippen molar-refractivity contribution < 1.29 is 9.90 Å². The first-order valence-electron chi connectivity index (χ1n) is 6.99. The van der Waals surface area contributed by atoms with Gasteiger partial charge in [0, 0.05) is 17.0 Å². The predicted octanol–water partition coefficient (Wildman–Crippen LogP) is 3.46. The van der Waals surface area contributed by atoms with Crippen molar-refractivity contribution in [2.45, 2.75) is 30.3 Å². The second-order valence-corrected chi connectivity index (χ2v) is 7.08. The molecule has 0 unspecified atom stereocenters. The number of thioether (sulfide) groups is 1. The number of amides is 1. The molecule has 2 atom stereocenters. The monoisotopic (exact) mass is 373 g/mol. The van der Waals surface area contributed by atoms with E-state index in [4.69, 9.17) is 28.9 Å². The molecular weight excluding hydrogens is 357 g/mol. The first-order chi connectivity index (χ1) is 10.9. The van der Waals surface area contributed by atoms with Crippen molar-refractivity contribution in [3.05, 3.63) is 46.0 Å². The number of carbonyl (C=O) groups excluding carboxylic acids is 1. The number of benzene rings is 1. The maximum absolute atomic E-state index is 11.1. The number of aliphatic hydroxyl groups is 1. The number of carbonyl (C=O) groups is 1. The number of hydrogen-bond acceptors (Lipinski definition) is 4. The van der Waals surface area contributed by atoms with Gasteiger partial charge in [-0.3, -0.25) is 4.79 Å². The Morgan fingerprint density at radius 1 is 1.43 bits per heavy atom. The minimum absolute atomic E-state index is 0.169. The number of aliphatic hydroxyl groups excluding tert-OH is 1. The quantitative estimate of drug-likeness (QED) is 0.647. The summed E-state index contributed by atoms with van der Waals surface area (Å²) in [6, 6.07) is 5.46. The molecule has 0 aliphatic rings. The average Bonchev–Trinajstić information content (AvgIpc) is 2.96. The zero-order valence-electron chi connectivity index (χ0n) is 12.4. The summed E-state index contributed by atoms with van der Waals surface area (Å²) >= 11 is 13.5. The molecule has 0 aliphatic carbocycles. The van der Waals surface area contributed by atoms with E-state index in [-0.39, 0.29) is 11.6 Å². The highest BCUT2D eigenvalue weighted by atomic mass is 35.5. The fraction of sp³-hybridized carbons (Fsp3) is 0.333. The summed E-state index contributed by atoms with van der Waals surface area (Å²) in [5.74, 6) is 0.504. The fourth-order valence-electron chi connectivity index (χ4n) is 2.13. The number of nitrogens with two attached hydrogens (primary N) is 1. The largest absolute Gasteiger partial charge is 0.393 e. The summed E-state index contributed by atoms with van der Waals surface area (Å²) in [6.45, 7) is 1.70. The Kier molecular flexibility index (Phi) is 6.35. The van der Waals surface area contributed by atoms with E-state index in [1.807, 2.05) is 12.1 Å². The van der Waals surface area contributed by atoms with Gasteiger partial charge >= 0.3 is 0 Å². The Bertz CT molecular complexity index is 691. The molecule has 0 bridgehead atoms. The molecule has 23 heavy (non-hydrogen) atoms. The van der Waals surface area contributed by atoms with Gasteiger partial charge in [-0.25, -0.2) is 4.98 Å². The summed E-state index contributed by atoms with van der Waals surface area (Å²) in [5, 5.41) is 11.0. The maximum Gasteiger partial charge on any atom is 0.268 e. The molecule has 1 aromatic heterocycles. The van der Waals surface area contributed by atoms with Crippen LogP contribution in [0.4, 0.5) is 0 Å². The van der Waals surface area contributed by atoms with E-state index in [2.05, 4.69) is 9.97 Å². The topological polar surface area (TPSA) is 92.0 Å². The van der Waals surface area contributed by atoms with Crippen LogP contribution in [-0.4, -0.2) is 32.8 Å². The lowest BCUT2D eigenvalue weighted by molar-refractivity contribution is 0.0995. The number of aromatic amines is 1. The smallest absolute Gasteiger partial charge is 0.268 e. The average molecular weight is 374 g/mol. The van der Waals surface area contributed by atoms with Gasteiger partial charge in [-0.05, 0) is 37.3 Å². The van der Waals surface area contributed by atoms with Crippen LogP contribution in [0.15, 0.2) is 29.3 Å². The number of nitrogens with zero attached hydrogens (tertiary/aromatic N) is 1. The van der Waals surface area contributed by atoms with Gasteiger partial charge < -0.3 is 15.8 Å². The highest BCUT2D eigenvalue weighted by molar-refractivity contribution is 7.99. The number of halogens is 2. The van der Waals surface area contributed by atoms with Crippen molar-refractivity contribution in [3.8, 4) is 0 Å². The summed E-state index contributed by atoms with van der Waals surface area (Å²) < 4.78 is 0. The number of nitrogens with one attached hydrogen (secondary N) is 1. The Morgan fingerprint density at radius 2 is 2.17 bits per heavy atom. The Hall–Kier alpha value is -1.21. The first kappa shape index (κ1) is 18.1. The molecule has 0 aliphatic heterocycles. The molecule has 2 rings (SSSR count). The highest BCUT2D eigenvalue weighted by Gasteiger charge is 2.21. The lowest BCUT2D eigenvalue weighted by atomic mass is 10.0. The van der Waals surface area contributed by atoms with Crippen LogP contribution in [0.2, 0.25) is 10.0 Å². The van der Waals surface area contributed by atoms with Crippen LogP contribution in [-0.2, 0) is 0 Å². The first-order valence-corrected chi connectivity index (χ1v) is 8.73. The molecule has 1 aromatic carbocycles. The van der Waals surface area contributed by atoms with Gasteiger partial charge in [-0.2, -0.15) is 0 Å². The Labute approximate surface area is 148 Å². The molecule has 0 spiro atoms. The van der Waals surface area contributed by atoms with Gasteiger partial charge in [-0.15, -0.1) is 11.8 Å². The SMILES string of the molecule is C[C@H](O)[C@H](CCSc1ccc(Cl)c(Cl)c1)c1nc(C(N)=O)c[nH]1. The van der Waals surface area contributed by atoms with Crippen LogP contribution in [0.25, 0.3) is 0 Å². The van der Waals surface area contributed by atoms with E-state index in [1.165, 1.54) is 6.20 Å². The molecule has 0 radical (unpaired) electrons. The summed E-state index contributed by atoms with van der Waals surface area (Å²) in [6.07, 6.45) is 1.53. The highest BCUT2D eigenvalue weighted by Crippen LogP contribution is 2.30. The van der Waals surface area contributed by atoms with Crippen molar-refractivity contribution in [1.82, 2.24) is 9.97 Å². The van der Waals surface area contributed by atoms with E-state index >= 15 is 0 Å². The van der Waals surface area contributed by atoms with Gasteiger partial charge in [0.25, 0.3) is 5.91 Å². The van der Waals surface area contributed by atoms with Gasteiger partial charge in [0.1, 0.15) is 11.5 Å². The van der Waals surface area contributed by atoms with Crippen LogP contribution >= 0.6 is 35.0 Å².